The number of methoxy groups -OCH3 is 2. The summed E-state index contributed by atoms with van der Waals surface area (Å²) >= 11 is 0. The number of rotatable bonds is 7. The van der Waals surface area contributed by atoms with Crippen molar-refractivity contribution < 1.29 is 14.6 Å². The molecule has 102 valence electrons. The molecule has 0 spiro atoms. The Kier molecular flexibility index (Phi) is 5.95. The summed E-state index contributed by atoms with van der Waals surface area (Å²) in [6.07, 6.45) is -0.603. The van der Waals surface area contributed by atoms with E-state index in [1.165, 1.54) is 0 Å². The number of hydrogen-bond donors (Lipinski definition) is 2. The van der Waals surface area contributed by atoms with Crippen molar-refractivity contribution in [3.63, 3.8) is 0 Å². The molecule has 0 saturated carbocycles. The van der Waals surface area contributed by atoms with Crippen LogP contribution in [-0.2, 0) is 0 Å². The van der Waals surface area contributed by atoms with E-state index in [0.717, 1.165) is 12.1 Å². The van der Waals surface area contributed by atoms with Crippen LogP contribution in [0, 0.1) is 5.92 Å². The maximum absolute atomic E-state index is 10.2. The minimum absolute atomic E-state index is 0.502. The summed E-state index contributed by atoms with van der Waals surface area (Å²) in [5.74, 6) is 1.95. The Labute approximate surface area is 109 Å². The summed E-state index contributed by atoms with van der Waals surface area (Å²) in [5, 5.41) is 13.4. The Bertz CT molecular complexity index is 366. The van der Waals surface area contributed by atoms with E-state index in [1.54, 1.807) is 26.4 Å². The quantitative estimate of drug-likeness (QED) is 0.780. The number of ether oxygens (including phenoxy) is 2. The average molecular weight is 253 g/mol. The maximum Gasteiger partial charge on any atom is 0.124 e. The first-order valence-corrected chi connectivity index (χ1v) is 6.19. The van der Waals surface area contributed by atoms with Gasteiger partial charge in [0.1, 0.15) is 11.5 Å². The monoisotopic (exact) mass is 253 g/mol. The fourth-order valence-electron chi connectivity index (χ4n) is 1.72. The van der Waals surface area contributed by atoms with Gasteiger partial charge in [-0.3, -0.25) is 0 Å². The third-order valence-electron chi connectivity index (χ3n) is 2.69. The molecule has 4 nitrogen and oxygen atoms in total. The fourth-order valence-corrected chi connectivity index (χ4v) is 1.72. The molecule has 1 aromatic carbocycles. The minimum Gasteiger partial charge on any atom is -0.497 e. The van der Waals surface area contributed by atoms with Gasteiger partial charge >= 0.3 is 0 Å². The molecule has 18 heavy (non-hydrogen) atoms. The second kappa shape index (κ2) is 7.24. The van der Waals surface area contributed by atoms with Crippen LogP contribution in [0.4, 0.5) is 0 Å². The first-order chi connectivity index (χ1) is 8.58. The number of aliphatic hydroxyl groups excluding tert-OH is 1. The van der Waals surface area contributed by atoms with Crippen molar-refractivity contribution in [1.29, 1.82) is 0 Å². The lowest BCUT2D eigenvalue weighted by molar-refractivity contribution is 0.169. The van der Waals surface area contributed by atoms with Crippen molar-refractivity contribution in [3.8, 4) is 11.5 Å². The van der Waals surface area contributed by atoms with Gasteiger partial charge in [0, 0.05) is 12.1 Å². The van der Waals surface area contributed by atoms with Gasteiger partial charge in [-0.15, -0.1) is 0 Å². The van der Waals surface area contributed by atoms with Gasteiger partial charge in [-0.25, -0.2) is 0 Å². The third-order valence-corrected chi connectivity index (χ3v) is 2.69. The van der Waals surface area contributed by atoms with E-state index in [9.17, 15) is 5.11 Å². The van der Waals surface area contributed by atoms with Crippen LogP contribution in [0.2, 0.25) is 0 Å². The maximum atomic E-state index is 10.2. The summed E-state index contributed by atoms with van der Waals surface area (Å²) in [5.41, 5.74) is 0.744. The average Bonchev–Trinajstić information content (AvgIpc) is 2.37. The normalized spacial score (nSPS) is 12.6. The van der Waals surface area contributed by atoms with Crippen LogP contribution in [0.25, 0.3) is 0 Å². The van der Waals surface area contributed by atoms with E-state index in [-0.39, 0.29) is 0 Å². The molecule has 0 bridgehead atoms. The number of nitrogens with one attached hydrogen (secondary N) is 1. The first-order valence-electron chi connectivity index (χ1n) is 6.19. The van der Waals surface area contributed by atoms with Crippen LogP contribution in [0.1, 0.15) is 25.5 Å². The van der Waals surface area contributed by atoms with Crippen LogP contribution in [0.15, 0.2) is 18.2 Å². The van der Waals surface area contributed by atoms with E-state index < -0.39 is 6.10 Å². The predicted octanol–water partition coefficient (Wildman–Crippen LogP) is 1.98. The van der Waals surface area contributed by atoms with Crippen molar-refractivity contribution in [1.82, 2.24) is 5.32 Å². The largest absolute Gasteiger partial charge is 0.497 e. The Hall–Kier alpha value is -1.26. The van der Waals surface area contributed by atoms with E-state index in [1.807, 2.05) is 6.07 Å². The predicted molar refractivity (Wildman–Crippen MR) is 72.2 cm³/mol. The third kappa shape index (κ3) is 4.20. The Balaban J connectivity index is 2.72. The molecule has 1 aromatic rings. The second-order valence-corrected chi connectivity index (χ2v) is 4.68. The van der Waals surface area contributed by atoms with Gasteiger partial charge in [0.25, 0.3) is 0 Å². The lowest BCUT2D eigenvalue weighted by Gasteiger charge is -2.17. The molecule has 0 saturated heterocycles. The van der Waals surface area contributed by atoms with Crippen molar-refractivity contribution in [2.75, 3.05) is 27.3 Å². The molecular formula is C14H23NO3. The summed E-state index contributed by atoms with van der Waals surface area (Å²) < 4.78 is 10.4. The lowest BCUT2D eigenvalue weighted by Crippen LogP contribution is -2.25. The highest BCUT2D eigenvalue weighted by atomic mass is 16.5. The Morgan fingerprint density at radius 2 is 1.89 bits per heavy atom. The molecule has 0 amide bonds. The Morgan fingerprint density at radius 3 is 2.44 bits per heavy atom. The topological polar surface area (TPSA) is 50.7 Å². The molecule has 0 fully saturated rings. The summed E-state index contributed by atoms with van der Waals surface area (Å²) in [6.45, 7) is 5.64. The van der Waals surface area contributed by atoms with Crippen molar-refractivity contribution >= 4 is 0 Å². The highest BCUT2D eigenvalue weighted by Crippen LogP contribution is 2.28. The number of hydrogen-bond acceptors (Lipinski definition) is 4. The van der Waals surface area contributed by atoms with Gasteiger partial charge in [0.15, 0.2) is 0 Å². The zero-order valence-electron chi connectivity index (χ0n) is 11.6. The standard InChI is InChI=1S/C14H23NO3/c1-10(2)8-15-9-13(16)12-7-11(17-3)5-6-14(12)18-4/h5-7,10,13,15-16H,8-9H2,1-4H3. The van der Waals surface area contributed by atoms with Gasteiger partial charge < -0.3 is 19.9 Å². The Morgan fingerprint density at radius 1 is 1.17 bits per heavy atom. The number of benzene rings is 1. The molecule has 2 N–H and O–H groups in total. The first kappa shape index (κ1) is 14.8. The smallest absolute Gasteiger partial charge is 0.124 e. The summed E-state index contributed by atoms with van der Waals surface area (Å²) in [6, 6.07) is 5.43. The second-order valence-electron chi connectivity index (χ2n) is 4.68. The van der Waals surface area contributed by atoms with E-state index >= 15 is 0 Å². The van der Waals surface area contributed by atoms with Gasteiger partial charge in [-0.2, -0.15) is 0 Å². The SMILES string of the molecule is COc1ccc(OC)c(C(O)CNCC(C)C)c1. The van der Waals surface area contributed by atoms with Gasteiger partial charge in [0.05, 0.1) is 20.3 Å². The zero-order valence-corrected chi connectivity index (χ0v) is 11.6. The zero-order chi connectivity index (χ0) is 13.5. The molecule has 0 aliphatic heterocycles. The van der Waals surface area contributed by atoms with Crippen molar-refractivity contribution in [2.45, 2.75) is 20.0 Å². The molecule has 1 atom stereocenters. The molecular weight excluding hydrogens is 230 g/mol. The van der Waals surface area contributed by atoms with Crippen LogP contribution in [0.5, 0.6) is 11.5 Å². The van der Waals surface area contributed by atoms with Crippen LogP contribution >= 0.6 is 0 Å². The number of aliphatic hydroxyl groups is 1. The molecule has 1 unspecified atom stereocenters. The summed E-state index contributed by atoms with van der Waals surface area (Å²) in [7, 11) is 3.20. The van der Waals surface area contributed by atoms with Crippen LogP contribution < -0.4 is 14.8 Å². The molecule has 0 heterocycles. The molecule has 1 rings (SSSR count). The highest BCUT2D eigenvalue weighted by Gasteiger charge is 2.14. The fraction of sp³-hybridized carbons (Fsp3) is 0.571. The van der Waals surface area contributed by atoms with Crippen LogP contribution in [0.3, 0.4) is 0 Å². The molecule has 0 aliphatic carbocycles. The minimum atomic E-state index is -0.603. The molecule has 0 radical (unpaired) electrons. The van der Waals surface area contributed by atoms with Crippen molar-refractivity contribution in [3.05, 3.63) is 23.8 Å². The molecule has 0 aliphatic rings. The highest BCUT2D eigenvalue weighted by molar-refractivity contribution is 5.41. The van der Waals surface area contributed by atoms with Crippen LogP contribution in [-0.4, -0.2) is 32.4 Å². The van der Waals surface area contributed by atoms with Gasteiger partial charge in [-0.1, -0.05) is 13.8 Å². The molecule has 4 heteroatoms. The van der Waals surface area contributed by atoms with Gasteiger partial charge in [-0.05, 0) is 30.7 Å². The van der Waals surface area contributed by atoms with E-state index in [2.05, 4.69) is 19.2 Å². The lowest BCUT2D eigenvalue weighted by atomic mass is 10.1. The summed E-state index contributed by atoms with van der Waals surface area (Å²) in [4.78, 5) is 0. The van der Waals surface area contributed by atoms with Gasteiger partial charge in [0.2, 0.25) is 0 Å². The van der Waals surface area contributed by atoms with Crippen molar-refractivity contribution in [2.24, 2.45) is 5.92 Å². The molecule has 0 aromatic heterocycles. The van der Waals surface area contributed by atoms with E-state index in [4.69, 9.17) is 9.47 Å². The van der Waals surface area contributed by atoms with E-state index in [0.29, 0.717) is 24.0 Å².